The maximum absolute atomic E-state index is 13.0. The first kappa shape index (κ1) is 24.6. The highest BCUT2D eigenvalue weighted by atomic mass is 32.2. The predicted molar refractivity (Wildman–Crippen MR) is 121 cm³/mol. The molecule has 0 bridgehead atoms. The van der Waals surface area contributed by atoms with Gasteiger partial charge in [0.2, 0.25) is 21.8 Å². The lowest BCUT2D eigenvalue weighted by atomic mass is 10.1. The standard InChI is InChI=1S/C23H31N3O4S/c1-18-10-8-11-20(16-18)17-26(19(2)23(28)24-3)22(27)14-9-15-25(4)31(29,30)21-12-6-5-7-13-21/h5-8,10-13,16,19H,9,14-15,17H2,1-4H3,(H,24,28). The minimum Gasteiger partial charge on any atom is -0.357 e. The molecule has 0 spiro atoms. The number of nitrogens with one attached hydrogen (secondary N) is 1. The Bertz CT molecular complexity index is 993. The molecule has 0 aromatic heterocycles. The van der Waals surface area contributed by atoms with E-state index in [-0.39, 0.29) is 29.7 Å². The lowest BCUT2D eigenvalue weighted by Gasteiger charge is -2.29. The van der Waals surface area contributed by atoms with Crippen molar-refractivity contribution < 1.29 is 18.0 Å². The first-order valence-corrected chi connectivity index (χ1v) is 11.7. The zero-order valence-electron chi connectivity index (χ0n) is 18.5. The summed E-state index contributed by atoms with van der Waals surface area (Å²) in [5, 5.41) is 2.59. The molecule has 1 unspecified atom stereocenters. The first-order chi connectivity index (χ1) is 14.7. The van der Waals surface area contributed by atoms with E-state index in [1.54, 1.807) is 42.2 Å². The molecule has 0 radical (unpaired) electrons. The average Bonchev–Trinajstić information content (AvgIpc) is 2.76. The highest BCUT2D eigenvalue weighted by Gasteiger charge is 2.26. The molecule has 0 fully saturated rings. The van der Waals surface area contributed by atoms with Gasteiger partial charge < -0.3 is 10.2 Å². The van der Waals surface area contributed by atoms with Crippen molar-refractivity contribution in [3.63, 3.8) is 0 Å². The van der Waals surface area contributed by atoms with E-state index in [9.17, 15) is 18.0 Å². The molecule has 2 rings (SSSR count). The summed E-state index contributed by atoms with van der Waals surface area (Å²) in [4.78, 5) is 26.9. The van der Waals surface area contributed by atoms with Crippen LogP contribution < -0.4 is 5.32 Å². The van der Waals surface area contributed by atoms with E-state index in [1.165, 1.54) is 18.4 Å². The van der Waals surface area contributed by atoms with E-state index >= 15 is 0 Å². The second-order valence-electron chi connectivity index (χ2n) is 7.54. The van der Waals surface area contributed by atoms with Crippen LogP contribution in [0.5, 0.6) is 0 Å². The fourth-order valence-corrected chi connectivity index (χ4v) is 4.52. The van der Waals surface area contributed by atoms with Gasteiger partial charge in [-0.25, -0.2) is 12.7 Å². The van der Waals surface area contributed by atoms with Crippen LogP contribution in [0.25, 0.3) is 0 Å². The first-order valence-electron chi connectivity index (χ1n) is 10.2. The number of nitrogens with zero attached hydrogens (tertiary/aromatic N) is 2. The van der Waals surface area contributed by atoms with Crippen molar-refractivity contribution in [1.82, 2.24) is 14.5 Å². The molecule has 1 N–H and O–H groups in total. The zero-order chi connectivity index (χ0) is 23.0. The van der Waals surface area contributed by atoms with E-state index in [2.05, 4.69) is 5.32 Å². The number of hydrogen-bond donors (Lipinski definition) is 1. The maximum Gasteiger partial charge on any atom is 0.242 e. The Hall–Kier alpha value is -2.71. The fraction of sp³-hybridized carbons (Fsp3) is 0.391. The lowest BCUT2D eigenvalue weighted by Crippen LogP contribution is -2.46. The van der Waals surface area contributed by atoms with E-state index in [1.807, 2.05) is 31.2 Å². The number of aryl methyl sites for hydroxylation is 1. The summed E-state index contributed by atoms with van der Waals surface area (Å²) in [5.41, 5.74) is 2.01. The molecule has 2 amide bonds. The fourth-order valence-electron chi connectivity index (χ4n) is 3.29. The second-order valence-corrected chi connectivity index (χ2v) is 9.59. The summed E-state index contributed by atoms with van der Waals surface area (Å²) < 4.78 is 26.5. The van der Waals surface area contributed by atoms with E-state index in [0.29, 0.717) is 13.0 Å². The van der Waals surface area contributed by atoms with E-state index < -0.39 is 16.1 Å². The third-order valence-electron chi connectivity index (χ3n) is 5.16. The van der Waals surface area contributed by atoms with Crippen LogP contribution in [-0.4, -0.2) is 56.1 Å². The minimum absolute atomic E-state index is 0.141. The van der Waals surface area contributed by atoms with Gasteiger partial charge in [0.15, 0.2) is 0 Å². The van der Waals surface area contributed by atoms with Crippen LogP contribution in [0.1, 0.15) is 30.9 Å². The van der Waals surface area contributed by atoms with E-state index in [4.69, 9.17) is 0 Å². The van der Waals surface area contributed by atoms with Gasteiger partial charge in [0.1, 0.15) is 6.04 Å². The molecule has 0 aliphatic heterocycles. The highest BCUT2D eigenvalue weighted by molar-refractivity contribution is 7.89. The molecule has 0 aliphatic rings. The maximum atomic E-state index is 13.0. The normalized spacial score (nSPS) is 12.4. The van der Waals surface area contributed by atoms with Gasteiger partial charge in [-0.1, -0.05) is 48.0 Å². The average molecular weight is 446 g/mol. The van der Waals surface area contributed by atoms with Crippen LogP contribution in [0, 0.1) is 6.92 Å². The SMILES string of the molecule is CNC(=O)C(C)N(Cc1cccc(C)c1)C(=O)CCCN(C)S(=O)(=O)c1ccccc1. The molecule has 0 saturated heterocycles. The van der Waals surface area contributed by atoms with Crippen LogP contribution >= 0.6 is 0 Å². The number of likely N-dealkylation sites (N-methyl/N-ethyl adjacent to an activating group) is 1. The molecule has 0 saturated carbocycles. The molecule has 1 atom stereocenters. The van der Waals surface area contributed by atoms with Crippen molar-refractivity contribution in [3.05, 3.63) is 65.7 Å². The monoisotopic (exact) mass is 445 g/mol. The number of carbonyl (C=O) groups excluding carboxylic acids is 2. The van der Waals surface area contributed by atoms with Crippen LogP contribution in [0.15, 0.2) is 59.5 Å². The Balaban J connectivity index is 2.05. The number of benzene rings is 2. The second kappa shape index (κ2) is 11.1. The summed E-state index contributed by atoms with van der Waals surface area (Å²) in [6, 6.07) is 15.4. The lowest BCUT2D eigenvalue weighted by molar-refractivity contribution is -0.140. The molecule has 2 aromatic rings. The van der Waals surface area contributed by atoms with Crippen LogP contribution in [0.2, 0.25) is 0 Å². The van der Waals surface area contributed by atoms with Gasteiger partial charge in [-0.15, -0.1) is 0 Å². The third-order valence-corrected chi connectivity index (χ3v) is 7.04. The number of sulfonamides is 1. The van der Waals surface area contributed by atoms with Gasteiger partial charge in [-0.2, -0.15) is 0 Å². The quantitative estimate of drug-likeness (QED) is 0.609. The molecule has 0 heterocycles. The Labute approximate surface area is 185 Å². The molecular weight excluding hydrogens is 414 g/mol. The molecule has 8 heteroatoms. The summed E-state index contributed by atoms with van der Waals surface area (Å²) in [6.07, 6.45) is 0.494. The van der Waals surface area contributed by atoms with Gasteiger partial charge in [0.05, 0.1) is 4.90 Å². The highest BCUT2D eigenvalue weighted by Crippen LogP contribution is 2.16. The molecule has 0 aliphatic carbocycles. The third kappa shape index (κ3) is 6.63. The van der Waals surface area contributed by atoms with Crippen LogP contribution in [0.3, 0.4) is 0 Å². The van der Waals surface area contributed by atoms with E-state index in [0.717, 1.165) is 11.1 Å². The Morgan fingerprint density at radius 1 is 1.06 bits per heavy atom. The minimum atomic E-state index is -3.60. The Morgan fingerprint density at radius 3 is 2.35 bits per heavy atom. The van der Waals surface area contributed by atoms with Gasteiger partial charge in [0.25, 0.3) is 0 Å². The predicted octanol–water partition coefficient (Wildman–Crippen LogP) is 2.56. The topological polar surface area (TPSA) is 86.8 Å². The molecule has 31 heavy (non-hydrogen) atoms. The van der Waals surface area contributed by atoms with Crippen molar-refractivity contribution in [2.75, 3.05) is 20.6 Å². The molecule has 7 nitrogen and oxygen atoms in total. The summed E-state index contributed by atoms with van der Waals surface area (Å²) in [6.45, 7) is 4.18. The number of rotatable bonds is 10. The molecule has 2 aromatic carbocycles. The summed E-state index contributed by atoms with van der Waals surface area (Å²) in [7, 11) is -0.556. The number of amides is 2. The number of carbonyl (C=O) groups is 2. The molecular formula is C23H31N3O4S. The van der Waals surface area contributed by atoms with Crippen molar-refractivity contribution >= 4 is 21.8 Å². The molecule has 168 valence electrons. The van der Waals surface area contributed by atoms with Gasteiger partial charge in [0, 0.05) is 33.6 Å². The van der Waals surface area contributed by atoms with Crippen LogP contribution in [0.4, 0.5) is 0 Å². The van der Waals surface area contributed by atoms with Crippen molar-refractivity contribution in [2.24, 2.45) is 0 Å². The summed E-state index contributed by atoms with van der Waals surface area (Å²) in [5.74, 6) is -0.437. The van der Waals surface area contributed by atoms with Gasteiger partial charge in [-0.05, 0) is 38.0 Å². The van der Waals surface area contributed by atoms with Crippen LogP contribution in [-0.2, 0) is 26.2 Å². The van der Waals surface area contributed by atoms with Crippen molar-refractivity contribution in [2.45, 2.75) is 44.2 Å². The number of hydrogen-bond acceptors (Lipinski definition) is 4. The largest absolute Gasteiger partial charge is 0.357 e. The smallest absolute Gasteiger partial charge is 0.242 e. The summed E-state index contributed by atoms with van der Waals surface area (Å²) >= 11 is 0. The van der Waals surface area contributed by atoms with Crippen molar-refractivity contribution in [1.29, 1.82) is 0 Å². The van der Waals surface area contributed by atoms with Crippen molar-refractivity contribution in [3.8, 4) is 0 Å². The Morgan fingerprint density at radius 2 is 1.74 bits per heavy atom. The Kier molecular flexibility index (Phi) is 8.76. The van der Waals surface area contributed by atoms with Gasteiger partial charge >= 0.3 is 0 Å². The zero-order valence-corrected chi connectivity index (χ0v) is 19.4. The van der Waals surface area contributed by atoms with Gasteiger partial charge in [-0.3, -0.25) is 9.59 Å².